The van der Waals surface area contributed by atoms with E-state index in [4.69, 9.17) is 11.5 Å². The van der Waals surface area contributed by atoms with Gasteiger partial charge in [0.1, 0.15) is 54.4 Å². The Morgan fingerprint density at radius 2 is 0.713 bits per heavy atom. The van der Waals surface area contributed by atoms with Crippen molar-refractivity contribution in [2.75, 3.05) is 19.8 Å². The third-order valence-electron chi connectivity index (χ3n) is 11.8. The van der Waals surface area contributed by atoms with E-state index in [1.165, 1.54) is 26.0 Å². The molecule has 0 saturated heterocycles. The Kier molecular flexibility index (Phi) is 28.4. The molecule has 0 aliphatic carbocycles. The van der Waals surface area contributed by atoms with Crippen LogP contribution in [0.25, 0.3) is 0 Å². The van der Waals surface area contributed by atoms with E-state index in [0.717, 1.165) is 0 Å². The first kappa shape index (κ1) is 67.5. The van der Waals surface area contributed by atoms with Crippen molar-refractivity contribution in [2.45, 2.75) is 127 Å². The third-order valence-corrected chi connectivity index (χ3v) is 11.8. The van der Waals surface area contributed by atoms with Gasteiger partial charge in [0.05, 0.1) is 38.7 Å². The van der Waals surface area contributed by atoms with E-state index in [1.807, 2.05) is 16.0 Å². The van der Waals surface area contributed by atoms with Gasteiger partial charge in [0, 0.05) is 19.3 Å². The number of carbonyl (C=O) groups is 13. The molecule has 30 nitrogen and oxygen atoms in total. The number of aliphatic hydroxyl groups excluding tert-OH is 3. The van der Waals surface area contributed by atoms with Gasteiger partial charge in [0.2, 0.25) is 59.1 Å². The lowest BCUT2D eigenvalue weighted by Gasteiger charge is -2.29. The van der Waals surface area contributed by atoms with Gasteiger partial charge in [-0.15, -0.1) is 0 Å². The molecule has 2 rings (SSSR count). The molecule has 80 heavy (non-hydrogen) atoms. The molecule has 0 unspecified atom stereocenters. The molecule has 19 N–H and O–H groups in total. The Morgan fingerprint density at radius 3 is 1.07 bits per heavy atom. The summed E-state index contributed by atoms with van der Waals surface area (Å²) in [6.45, 7) is 2.61. The lowest BCUT2D eigenvalue weighted by atomic mass is 9.98. The van der Waals surface area contributed by atoms with Crippen molar-refractivity contribution in [3.63, 3.8) is 0 Å². The minimum absolute atomic E-state index is 0.0878. The second-order valence-electron chi connectivity index (χ2n) is 19.0. The van der Waals surface area contributed by atoms with Gasteiger partial charge in [-0.25, -0.2) is 4.79 Å². The van der Waals surface area contributed by atoms with Crippen LogP contribution in [-0.4, -0.2) is 188 Å². The summed E-state index contributed by atoms with van der Waals surface area (Å²) in [5, 5.41) is 79.3. The summed E-state index contributed by atoms with van der Waals surface area (Å²) in [6.07, 6.45) is -3.34. The number of rotatable bonds is 35. The molecule has 2 aromatic rings. The summed E-state index contributed by atoms with van der Waals surface area (Å²) in [7, 11) is 0. The first-order valence-electron chi connectivity index (χ1n) is 25.0. The van der Waals surface area contributed by atoms with Crippen LogP contribution in [0, 0.1) is 11.8 Å². The van der Waals surface area contributed by atoms with Gasteiger partial charge in [-0.05, 0) is 29.4 Å². The molecule has 10 amide bonds. The average Bonchev–Trinajstić information content (AvgIpc) is 3.39. The van der Waals surface area contributed by atoms with Gasteiger partial charge in [0.25, 0.3) is 0 Å². The molecule has 0 bridgehead atoms. The van der Waals surface area contributed by atoms with Crippen LogP contribution in [0.3, 0.4) is 0 Å². The smallest absolute Gasteiger partial charge is 0.326 e. The lowest BCUT2D eigenvalue weighted by molar-refractivity contribution is -0.143. The van der Waals surface area contributed by atoms with Crippen LogP contribution >= 0.6 is 0 Å². The maximum absolute atomic E-state index is 13.8. The molecule has 0 radical (unpaired) electrons. The predicted octanol–water partition coefficient (Wildman–Crippen LogP) is -6.25. The van der Waals surface area contributed by atoms with E-state index < -0.39 is 182 Å². The van der Waals surface area contributed by atoms with Crippen LogP contribution in [0.5, 0.6) is 0 Å². The Labute approximate surface area is 458 Å². The molecule has 0 heterocycles. The number of hydrogen-bond acceptors (Lipinski definition) is 17. The SMILES string of the molecule is CC(C)[C@H](NC(=O)[C@H](CO)NC(=O)[C@H](CC(=O)O)NC(=O)[C@H](CO)NC(=O)[C@H](CC(=O)O)NC(=O)[C@H](Cc1ccccc1)NC(=O)[C@H](CO)NC(=O)[C@@H](N)CCC(N)=O)C(=O)N[C@H](C(=O)N[C@@H](Cc1ccccc1)C(=O)O)C(C)C. The van der Waals surface area contributed by atoms with Crippen molar-refractivity contribution in [1.29, 1.82) is 0 Å². The van der Waals surface area contributed by atoms with Gasteiger partial charge in [-0.1, -0.05) is 88.4 Å². The Bertz CT molecular complexity index is 2500. The molecule has 0 aromatic heterocycles. The minimum atomic E-state index is -2.13. The topological polar surface area (TPSA) is 504 Å². The van der Waals surface area contributed by atoms with Crippen molar-refractivity contribution in [3.05, 3.63) is 71.8 Å². The van der Waals surface area contributed by atoms with Crippen LogP contribution in [0.2, 0.25) is 0 Å². The molecule has 0 fully saturated rings. The number of hydrogen-bond donors (Lipinski definition) is 17. The number of carbonyl (C=O) groups excluding carboxylic acids is 10. The highest BCUT2D eigenvalue weighted by atomic mass is 16.4. The summed E-state index contributed by atoms with van der Waals surface area (Å²) in [5.41, 5.74) is 11.9. The van der Waals surface area contributed by atoms with Crippen molar-refractivity contribution >= 4 is 77.0 Å². The standard InChI is InChI=1S/C50H71N11O19/c1-24(2)39(48(77)56-32(50(79)80)18-27-13-9-6-10-14-27)61-49(78)40(25(3)4)60-47(76)35(23-64)59-44(73)31(20-38(68)69)55-46(75)34(22-63)58-43(72)30(19-37(66)67)54-42(71)29(17-26-11-7-5-8-12-26)53-45(74)33(21-62)57-41(70)28(51)15-16-36(52)65/h5-14,24-25,28-35,39-40,62-64H,15-23,51H2,1-4H3,(H2,52,65)(H,53,74)(H,54,71)(H,55,75)(H,56,77)(H,57,70)(H,58,72)(H,59,73)(H,60,76)(H,61,78)(H,66,67)(H,68,69)(H,79,80)/t28-,29-,30-,31-,32-,33-,34-,35-,39-,40-/m0/s1. The number of carboxylic acids is 3. The molecule has 0 saturated carbocycles. The van der Waals surface area contributed by atoms with E-state index in [0.29, 0.717) is 11.1 Å². The zero-order valence-electron chi connectivity index (χ0n) is 44.2. The maximum atomic E-state index is 13.8. The second kappa shape index (κ2) is 33.6. The number of benzene rings is 2. The first-order valence-corrected chi connectivity index (χ1v) is 25.0. The zero-order valence-corrected chi connectivity index (χ0v) is 44.2. The highest BCUT2D eigenvalue weighted by Gasteiger charge is 2.37. The molecular weight excluding hydrogens is 1060 g/mol. The number of carboxylic acid groups (broad SMARTS) is 3. The number of aliphatic carboxylic acids is 3. The van der Waals surface area contributed by atoms with Crippen LogP contribution < -0.4 is 59.3 Å². The minimum Gasteiger partial charge on any atom is -0.481 e. The third kappa shape index (κ3) is 23.2. The highest BCUT2D eigenvalue weighted by Crippen LogP contribution is 2.11. The van der Waals surface area contributed by atoms with E-state index in [-0.39, 0.29) is 25.7 Å². The van der Waals surface area contributed by atoms with E-state index >= 15 is 0 Å². The van der Waals surface area contributed by atoms with Crippen molar-refractivity contribution in [2.24, 2.45) is 23.3 Å². The van der Waals surface area contributed by atoms with E-state index in [1.54, 1.807) is 62.4 Å². The molecule has 30 heteroatoms. The van der Waals surface area contributed by atoms with Crippen LogP contribution in [-0.2, 0) is 75.2 Å². The monoisotopic (exact) mass is 1130 g/mol. The molecule has 0 spiro atoms. The van der Waals surface area contributed by atoms with Crippen molar-refractivity contribution < 1.29 is 93.0 Å². The fourth-order valence-corrected chi connectivity index (χ4v) is 7.36. The number of nitrogens with one attached hydrogen (secondary N) is 9. The fraction of sp³-hybridized carbons (Fsp3) is 0.500. The van der Waals surface area contributed by atoms with Gasteiger partial charge in [-0.3, -0.25) is 57.5 Å². The number of nitrogens with two attached hydrogens (primary N) is 2. The van der Waals surface area contributed by atoms with Crippen LogP contribution in [0.15, 0.2) is 60.7 Å². The molecule has 10 atom stereocenters. The lowest BCUT2D eigenvalue weighted by Crippen LogP contribution is -2.62. The van der Waals surface area contributed by atoms with Crippen LogP contribution in [0.1, 0.15) is 64.5 Å². The van der Waals surface area contributed by atoms with E-state index in [9.17, 15) is 93.0 Å². The summed E-state index contributed by atoms with van der Waals surface area (Å²) < 4.78 is 0. The van der Waals surface area contributed by atoms with Gasteiger partial charge in [0.15, 0.2) is 0 Å². The molecule has 440 valence electrons. The van der Waals surface area contributed by atoms with Crippen molar-refractivity contribution in [1.82, 2.24) is 47.9 Å². The Hall–Kier alpha value is -8.61. The number of aliphatic hydroxyl groups is 3. The maximum Gasteiger partial charge on any atom is 0.326 e. The number of primary amides is 1. The number of amides is 10. The van der Waals surface area contributed by atoms with Gasteiger partial charge >= 0.3 is 17.9 Å². The van der Waals surface area contributed by atoms with Crippen LogP contribution in [0.4, 0.5) is 0 Å². The summed E-state index contributed by atoms with van der Waals surface area (Å²) in [6, 6.07) is -0.981. The van der Waals surface area contributed by atoms with Gasteiger partial charge < -0.3 is 90.0 Å². The quantitative estimate of drug-likeness (QED) is 0.0305. The Balaban J connectivity index is 2.27. The summed E-state index contributed by atoms with van der Waals surface area (Å²) in [4.78, 5) is 168. The molecule has 0 aliphatic rings. The zero-order chi connectivity index (χ0) is 60.4. The Morgan fingerprint density at radius 1 is 0.412 bits per heavy atom. The van der Waals surface area contributed by atoms with Crippen molar-refractivity contribution in [3.8, 4) is 0 Å². The highest BCUT2D eigenvalue weighted by molar-refractivity contribution is 6.00. The predicted molar refractivity (Wildman–Crippen MR) is 277 cm³/mol. The molecular formula is C50H71N11O19. The first-order chi connectivity index (χ1) is 37.6. The molecule has 2 aromatic carbocycles. The summed E-state index contributed by atoms with van der Waals surface area (Å²) >= 11 is 0. The second-order valence-corrected chi connectivity index (χ2v) is 19.0. The fourth-order valence-electron chi connectivity index (χ4n) is 7.36. The van der Waals surface area contributed by atoms with E-state index in [2.05, 4.69) is 31.9 Å². The molecule has 0 aliphatic heterocycles. The summed E-state index contributed by atoms with van der Waals surface area (Å²) in [5.74, 6) is -17.6. The normalized spacial score (nSPS) is 14.8. The average molecular weight is 1130 g/mol. The van der Waals surface area contributed by atoms with Gasteiger partial charge in [-0.2, -0.15) is 0 Å². The largest absolute Gasteiger partial charge is 0.481 e.